The molecule has 1 aliphatic carbocycles. The second-order valence-corrected chi connectivity index (χ2v) is 5.07. The van der Waals surface area contributed by atoms with E-state index in [2.05, 4.69) is 36.0 Å². The molecule has 2 heterocycles. The van der Waals surface area contributed by atoms with Gasteiger partial charge in [-0.05, 0) is 12.8 Å². The molecule has 0 bridgehead atoms. The highest BCUT2D eigenvalue weighted by Gasteiger charge is 2.21. The number of aliphatic imine (C=N–C) groups is 1. The molecule has 1 fully saturated rings. The van der Waals surface area contributed by atoms with Crippen molar-refractivity contribution >= 4 is 46.8 Å². The van der Waals surface area contributed by atoms with Gasteiger partial charge in [-0.25, -0.2) is 9.97 Å². The molecule has 2 aromatic heterocycles. The van der Waals surface area contributed by atoms with Gasteiger partial charge >= 0.3 is 0 Å². The number of guanidine groups is 1. The predicted molar refractivity (Wildman–Crippen MR) is 97.7 cm³/mol. The third kappa shape index (κ3) is 3.96. The minimum atomic E-state index is 0. The van der Waals surface area contributed by atoms with Gasteiger partial charge < -0.3 is 16.0 Å². The van der Waals surface area contributed by atoms with Gasteiger partial charge in [-0.2, -0.15) is 5.10 Å². The van der Waals surface area contributed by atoms with Gasteiger partial charge in [-0.1, -0.05) is 0 Å². The van der Waals surface area contributed by atoms with E-state index in [-0.39, 0.29) is 24.0 Å². The molecule has 0 saturated heterocycles. The van der Waals surface area contributed by atoms with Crippen LogP contribution in [0.4, 0.5) is 5.82 Å². The van der Waals surface area contributed by atoms with Crippen LogP contribution in [-0.2, 0) is 7.05 Å². The minimum Gasteiger partial charge on any atom is -0.368 e. The Hall–Kier alpha value is -1.65. The molecule has 9 heteroatoms. The van der Waals surface area contributed by atoms with Gasteiger partial charge in [0, 0.05) is 33.2 Å². The number of hydrogen-bond acceptors (Lipinski definition) is 5. The van der Waals surface area contributed by atoms with E-state index in [0.29, 0.717) is 6.04 Å². The lowest BCUT2D eigenvalue weighted by molar-refractivity contribution is 0.785. The van der Waals surface area contributed by atoms with E-state index in [1.54, 1.807) is 24.3 Å². The summed E-state index contributed by atoms with van der Waals surface area (Å²) in [5.41, 5.74) is 0.826. The molecule has 0 unspecified atom stereocenters. The summed E-state index contributed by atoms with van der Waals surface area (Å²) in [7, 11) is 3.66. The molecule has 22 heavy (non-hydrogen) atoms. The van der Waals surface area contributed by atoms with E-state index in [1.165, 1.54) is 12.8 Å². The lowest BCUT2D eigenvalue weighted by Crippen LogP contribution is -2.40. The Kier molecular flexibility index (Phi) is 5.75. The van der Waals surface area contributed by atoms with Crippen LogP contribution >= 0.6 is 24.0 Å². The number of aryl methyl sites for hydroxylation is 1. The number of rotatable bonds is 5. The summed E-state index contributed by atoms with van der Waals surface area (Å²) < 4.78 is 1.74. The Labute approximate surface area is 146 Å². The summed E-state index contributed by atoms with van der Waals surface area (Å²) in [6.07, 6.45) is 5.80. The number of aromatic nitrogens is 4. The Morgan fingerprint density at radius 2 is 2.18 bits per heavy atom. The fourth-order valence-electron chi connectivity index (χ4n) is 2.08. The summed E-state index contributed by atoms with van der Waals surface area (Å²) in [6.45, 7) is 1.50. The number of halogens is 1. The van der Waals surface area contributed by atoms with Crippen LogP contribution in [0.25, 0.3) is 11.0 Å². The first kappa shape index (κ1) is 16.7. The van der Waals surface area contributed by atoms with Crippen molar-refractivity contribution in [2.24, 2.45) is 12.0 Å². The van der Waals surface area contributed by atoms with Crippen LogP contribution in [0.5, 0.6) is 0 Å². The lowest BCUT2D eigenvalue weighted by atomic mass is 10.4. The summed E-state index contributed by atoms with van der Waals surface area (Å²) in [5, 5.41) is 15.0. The first-order valence-corrected chi connectivity index (χ1v) is 7.11. The summed E-state index contributed by atoms with van der Waals surface area (Å²) in [4.78, 5) is 12.7. The van der Waals surface area contributed by atoms with E-state index in [4.69, 9.17) is 0 Å². The topological polar surface area (TPSA) is 92.1 Å². The van der Waals surface area contributed by atoms with Crippen molar-refractivity contribution in [3.05, 3.63) is 12.5 Å². The quantitative estimate of drug-likeness (QED) is 0.288. The van der Waals surface area contributed by atoms with Crippen LogP contribution < -0.4 is 16.0 Å². The summed E-state index contributed by atoms with van der Waals surface area (Å²) >= 11 is 0. The van der Waals surface area contributed by atoms with Gasteiger partial charge in [-0.15, -0.1) is 24.0 Å². The fourth-order valence-corrected chi connectivity index (χ4v) is 2.08. The third-order valence-corrected chi connectivity index (χ3v) is 3.38. The molecular weight excluding hydrogens is 395 g/mol. The Morgan fingerprint density at radius 1 is 1.36 bits per heavy atom. The van der Waals surface area contributed by atoms with Crippen LogP contribution in [0, 0.1) is 0 Å². The monoisotopic (exact) mass is 416 g/mol. The van der Waals surface area contributed by atoms with E-state index in [1.807, 2.05) is 7.05 Å². The molecule has 2 aromatic rings. The number of fused-ring (bicyclic) bond motifs is 1. The molecule has 1 aliphatic rings. The zero-order chi connectivity index (χ0) is 14.7. The van der Waals surface area contributed by atoms with Gasteiger partial charge in [0.25, 0.3) is 0 Å². The molecule has 0 amide bonds. The standard InChI is InChI=1S/C13H20N8.HI/c1-14-13(20-9-3-4-9)16-6-5-15-11-10-7-19-21(2)12(10)18-8-17-11;/h7-9H,3-6H2,1-2H3,(H2,14,16,20)(H,15,17,18);1H. The second-order valence-electron chi connectivity index (χ2n) is 5.07. The average Bonchev–Trinajstić information content (AvgIpc) is 3.24. The normalized spacial score (nSPS) is 14.5. The van der Waals surface area contributed by atoms with Crippen LogP contribution in [0.1, 0.15) is 12.8 Å². The highest BCUT2D eigenvalue weighted by molar-refractivity contribution is 14.0. The highest BCUT2D eigenvalue weighted by atomic mass is 127. The SMILES string of the molecule is CN=C(NCCNc1ncnc2c1cnn2C)NC1CC1.I. The van der Waals surface area contributed by atoms with Crippen molar-refractivity contribution in [1.29, 1.82) is 0 Å². The molecule has 0 radical (unpaired) electrons. The number of hydrogen-bond donors (Lipinski definition) is 3. The van der Waals surface area contributed by atoms with Crippen LogP contribution in [-0.4, -0.2) is 51.9 Å². The summed E-state index contributed by atoms with van der Waals surface area (Å²) in [6, 6.07) is 0.598. The predicted octanol–water partition coefficient (Wildman–Crippen LogP) is 0.721. The first-order chi connectivity index (χ1) is 10.3. The van der Waals surface area contributed by atoms with Crippen molar-refractivity contribution in [1.82, 2.24) is 30.4 Å². The lowest BCUT2D eigenvalue weighted by Gasteiger charge is -2.11. The summed E-state index contributed by atoms with van der Waals surface area (Å²) in [5.74, 6) is 1.66. The molecule has 3 rings (SSSR count). The smallest absolute Gasteiger partial charge is 0.191 e. The molecule has 0 aromatic carbocycles. The number of anilines is 1. The van der Waals surface area contributed by atoms with Gasteiger partial charge in [0.05, 0.1) is 11.6 Å². The van der Waals surface area contributed by atoms with Crippen LogP contribution in [0.2, 0.25) is 0 Å². The zero-order valence-electron chi connectivity index (χ0n) is 12.7. The Morgan fingerprint density at radius 3 is 2.91 bits per heavy atom. The van der Waals surface area contributed by atoms with Gasteiger partial charge in [0.1, 0.15) is 12.1 Å². The van der Waals surface area contributed by atoms with Gasteiger partial charge in [0.2, 0.25) is 0 Å². The van der Waals surface area contributed by atoms with Crippen molar-refractivity contribution in [3.63, 3.8) is 0 Å². The first-order valence-electron chi connectivity index (χ1n) is 7.11. The molecule has 0 atom stereocenters. The van der Waals surface area contributed by atoms with Crippen molar-refractivity contribution in [2.75, 3.05) is 25.5 Å². The fraction of sp³-hybridized carbons (Fsp3) is 0.538. The maximum atomic E-state index is 4.27. The molecular formula is C13H21IN8. The highest BCUT2D eigenvalue weighted by Crippen LogP contribution is 2.18. The van der Waals surface area contributed by atoms with Crippen LogP contribution in [0.15, 0.2) is 17.5 Å². The van der Waals surface area contributed by atoms with E-state index in [0.717, 1.165) is 35.9 Å². The van der Waals surface area contributed by atoms with Crippen molar-refractivity contribution in [2.45, 2.75) is 18.9 Å². The average molecular weight is 416 g/mol. The number of nitrogens with one attached hydrogen (secondary N) is 3. The molecule has 0 spiro atoms. The van der Waals surface area contributed by atoms with Crippen LogP contribution in [0.3, 0.4) is 0 Å². The Balaban J connectivity index is 0.00000176. The zero-order valence-corrected chi connectivity index (χ0v) is 15.0. The van der Waals surface area contributed by atoms with E-state index in [9.17, 15) is 0 Å². The van der Waals surface area contributed by atoms with Gasteiger partial charge in [0.15, 0.2) is 11.6 Å². The largest absolute Gasteiger partial charge is 0.368 e. The molecule has 120 valence electrons. The number of nitrogens with zero attached hydrogens (tertiary/aromatic N) is 5. The van der Waals surface area contributed by atoms with E-state index >= 15 is 0 Å². The maximum Gasteiger partial charge on any atom is 0.191 e. The van der Waals surface area contributed by atoms with Crippen molar-refractivity contribution in [3.8, 4) is 0 Å². The minimum absolute atomic E-state index is 0. The molecule has 3 N–H and O–H groups in total. The Bertz CT molecular complexity index is 649. The van der Waals surface area contributed by atoms with Gasteiger partial charge in [-0.3, -0.25) is 9.67 Å². The second kappa shape index (κ2) is 7.56. The molecule has 0 aliphatic heterocycles. The van der Waals surface area contributed by atoms with E-state index < -0.39 is 0 Å². The third-order valence-electron chi connectivity index (χ3n) is 3.38. The maximum absolute atomic E-state index is 4.27. The molecule has 8 nitrogen and oxygen atoms in total. The van der Waals surface area contributed by atoms with Crippen molar-refractivity contribution < 1.29 is 0 Å². The molecule has 1 saturated carbocycles.